The molecule has 0 aliphatic heterocycles. The number of allylic oxidation sites excluding steroid dienone is 4. The van der Waals surface area contributed by atoms with E-state index in [1.54, 1.807) is 7.63 Å². The third kappa shape index (κ3) is 3.65. The van der Waals surface area contributed by atoms with Gasteiger partial charge in [-0.1, -0.05) is 0 Å². The Labute approximate surface area is 125 Å². The summed E-state index contributed by atoms with van der Waals surface area (Å²) in [6.07, 6.45) is 0. The molecule has 1 aliphatic carbocycles. The SMILES string of the molecule is CC1=C(C)C(C)[C]([Ti]([CH3])(=[O])(=[SiH2])[CH2]CO)=C1C.Cl.Cl. The Kier molecular flexibility index (Phi) is 7.57. The van der Waals surface area contributed by atoms with Gasteiger partial charge in [0.05, 0.1) is 0 Å². The van der Waals surface area contributed by atoms with Crippen molar-refractivity contribution in [2.75, 3.05) is 6.61 Å². The second-order valence-electron chi connectivity index (χ2n) is 5.70. The van der Waals surface area contributed by atoms with Crippen molar-refractivity contribution in [1.82, 2.24) is 0 Å². The second kappa shape index (κ2) is 6.47. The van der Waals surface area contributed by atoms with E-state index in [-0.39, 0.29) is 31.4 Å². The van der Waals surface area contributed by atoms with Crippen LogP contribution in [0, 0.1) is 5.92 Å². The van der Waals surface area contributed by atoms with Crippen molar-refractivity contribution in [3.05, 3.63) is 20.6 Å². The summed E-state index contributed by atoms with van der Waals surface area (Å²) in [6.45, 7) is 8.48. The van der Waals surface area contributed by atoms with Crippen LogP contribution in [0.2, 0.25) is 9.95 Å². The average Bonchev–Trinajstić information content (AvgIpc) is 2.30. The summed E-state index contributed by atoms with van der Waals surface area (Å²) < 4.78 is 14.8. The molecule has 0 fully saturated rings. The minimum absolute atomic E-state index is 0. The Morgan fingerprint density at radius 3 is 1.94 bits per heavy atom. The van der Waals surface area contributed by atoms with Crippen LogP contribution in [0.4, 0.5) is 0 Å². The summed E-state index contributed by atoms with van der Waals surface area (Å²) in [4.78, 5) is 0. The van der Waals surface area contributed by atoms with E-state index < -0.39 is 14.0 Å². The summed E-state index contributed by atoms with van der Waals surface area (Å²) in [5.41, 5.74) is 3.84. The van der Waals surface area contributed by atoms with Gasteiger partial charge in [-0.3, -0.25) is 0 Å². The van der Waals surface area contributed by atoms with Gasteiger partial charge in [0.2, 0.25) is 0 Å². The minimum atomic E-state index is -3.82. The molecular formula is C12H25Cl2O2SiTi. The maximum atomic E-state index is 13.2. The van der Waals surface area contributed by atoms with Gasteiger partial charge in [-0.25, -0.2) is 0 Å². The zero-order chi connectivity index (χ0) is 12.7. The Balaban J connectivity index is 0. The molecule has 0 radical (unpaired) electrons. The van der Waals surface area contributed by atoms with Crippen LogP contribution >= 0.6 is 24.8 Å². The van der Waals surface area contributed by atoms with Crippen LogP contribution in [-0.4, -0.2) is 19.3 Å². The van der Waals surface area contributed by atoms with Crippen molar-refractivity contribution in [3.8, 4) is 0 Å². The van der Waals surface area contributed by atoms with Crippen LogP contribution < -0.4 is 0 Å². The van der Waals surface area contributed by atoms with Gasteiger partial charge >= 0.3 is 101 Å². The molecule has 0 aromatic rings. The smallest absolute Gasteiger partial charge is 0.147 e. The minimum Gasteiger partial charge on any atom is -0.147 e. The van der Waals surface area contributed by atoms with Crippen molar-refractivity contribution in [2.45, 2.75) is 37.6 Å². The van der Waals surface area contributed by atoms with E-state index in [0.29, 0.717) is 10.6 Å². The fourth-order valence-corrected chi connectivity index (χ4v) is 11.5. The molecule has 1 rings (SSSR count). The van der Waals surface area contributed by atoms with Gasteiger partial charge in [0.15, 0.2) is 0 Å². The summed E-state index contributed by atoms with van der Waals surface area (Å²) in [7, 11) is 1.66. The van der Waals surface area contributed by atoms with Crippen LogP contribution in [-0.2, 0) is 17.3 Å². The predicted molar refractivity (Wildman–Crippen MR) is 81.7 cm³/mol. The van der Waals surface area contributed by atoms with E-state index in [1.165, 1.54) is 16.7 Å². The molecule has 1 atom stereocenters. The van der Waals surface area contributed by atoms with Crippen molar-refractivity contribution in [2.24, 2.45) is 5.92 Å². The topological polar surface area (TPSA) is 37.3 Å². The quantitative estimate of drug-likeness (QED) is 0.796. The van der Waals surface area contributed by atoms with E-state index in [1.807, 2.05) is 5.23 Å². The van der Waals surface area contributed by atoms with E-state index in [9.17, 15) is 3.32 Å². The Hall–Kier alpha value is 0.751. The van der Waals surface area contributed by atoms with Gasteiger partial charge in [0.25, 0.3) is 0 Å². The predicted octanol–water partition coefficient (Wildman–Crippen LogP) is 3.13. The fraction of sp³-hybridized carbons (Fsp3) is 0.667. The molecular weight excluding hydrogens is 323 g/mol. The first kappa shape index (κ1) is 21.1. The van der Waals surface area contributed by atoms with E-state index in [2.05, 4.69) is 27.7 Å². The third-order valence-electron chi connectivity index (χ3n) is 4.17. The maximum Gasteiger partial charge on any atom is -0.147 e. The molecule has 1 aliphatic rings. The maximum absolute atomic E-state index is 13.2. The molecule has 1 unspecified atom stereocenters. The number of hydrogen-bond donors (Lipinski definition) is 1. The first-order valence-corrected chi connectivity index (χ1v) is 14.0. The van der Waals surface area contributed by atoms with Gasteiger partial charge in [-0.2, -0.15) is 0 Å². The molecule has 0 spiro atoms. The van der Waals surface area contributed by atoms with E-state index >= 15 is 0 Å². The van der Waals surface area contributed by atoms with Gasteiger partial charge in [0, 0.05) is 0 Å². The number of hydrogen-bond acceptors (Lipinski definition) is 2. The monoisotopic (exact) mass is 347 g/mol. The molecule has 2 nitrogen and oxygen atoms in total. The normalized spacial score (nSPS) is 20.7. The Bertz CT molecular complexity index is 514. The summed E-state index contributed by atoms with van der Waals surface area (Å²) >= 11 is -3.82. The number of rotatable bonds is 3. The van der Waals surface area contributed by atoms with Crippen LogP contribution in [0.5, 0.6) is 0 Å². The zero-order valence-electron chi connectivity index (χ0n) is 11.9. The molecule has 0 aromatic carbocycles. The molecule has 18 heavy (non-hydrogen) atoms. The fourth-order valence-electron chi connectivity index (χ4n) is 2.93. The van der Waals surface area contributed by atoms with Gasteiger partial charge in [0.1, 0.15) is 0 Å². The van der Waals surface area contributed by atoms with Crippen LogP contribution in [0.1, 0.15) is 27.7 Å². The van der Waals surface area contributed by atoms with E-state index in [4.69, 9.17) is 5.11 Å². The zero-order valence-corrected chi connectivity index (χ0v) is 16.5. The Morgan fingerprint density at radius 2 is 1.67 bits per heavy atom. The first-order valence-electron chi connectivity index (χ1n) is 5.88. The van der Waals surface area contributed by atoms with Crippen LogP contribution in [0.25, 0.3) is 0 Å². The third-order valence-corrected chi connectivity index (χ3v) is 13.2. The first-order chi connectivity index (χ1) is 7.10. The Morgan fingerprint density at radius 1 is 1.22 bits per heavy atom. The summed E-state index contributed by atoms with van der Waals surface area (Å²) in [5, 5.41) is 11.1. The van der Waals surface area contributed by atoms with Gasteiger partial charge in [-0.05, 0) is 0 Å². The molecule has 0 bridgehead atoms. The average molecular weight is 348 g/mol. The number of halogens is 2. The van der Waals surface area contributed by atoms with E-state index in [0.717, 1.165) is 3.88 Å². The van der Waals surface area contributed by atoms with Gasteiger partial charge < -0.3 is 0 Å². The molecule has 6 heteroatoms. The molecule has 107 valence electrons. The van der Waals surface area contributed by atoms with Crippen molar-refractivity contribution >= 4 is 32.4 Å². The van der Waals surface area contributed by atoms with Crippen molar-refractivity contribution < 1.29 is 22.4 Å². The van der Waals surface area contributed by atoms with Crippen LogP contribution in [0.3, 0.4) is 0 Å². The molecule has 1 N–H and O–H groups in total. The molecule has 0 heterocycles. The standard InChI is InChI=1S/C9H13.C2H5O.CH3.2ClH.O.H2Si.Ti/c1-6-5-7(2)9(4)8(6)3;1-2-3;;;;;;/h6H,1-4H3;3H,1-2H2;1H3;2*1H;;1H2;. The molecule has 0 aromatic heterocycles. The second-order valence-corrected chi connectivity index (χ2v) is 21.7. The summed E-state index contributed by atoms with van der Waals surface area (Å²) in [5.74, 6) is 0.295. The van der Waals surface area contributed by atoms with Crippen molar-refractivity contribution in [1.29, 1.82) is 0 Å². The largest absolute Gasteiger partial charge is 0.147 e. The molecule has 0 saturated carbocycles. The van der Waals surface area contributed by atoms with Crippen LogP contribution in [0.15, 0.2) is 20.6 Å². The summed E-state index contributed by atoms with van der Waals surface area (Å²) in [6, 6.07) is 0. The number of aliphatic hydroxyl groups is 1. The van der Waals surface area contributed by atoms with Crippen molar-refractivity contribution in [3.63, 3.8) is 0 Å². The number of aliphatic hydroxyl groups excluding tert-OH is 1. The molecule has 0 saturated heterocycles. The van der Waals surface area contributed by atoms with Gasteiger partial charge in [-0.15, -0.1) is 24.8 Å². The molecule has 0 amide bonds.